The average Bonchev–Trinajstić information content (AvgIpc) is 3.13. The smallest absolute Gasteiger partial charge is 0.260 e. The van der Waals surface area contributed by atoms with Crippen molar-refractivity contribution in [3.05, 3.63) is 45.1 Å². The molecule has 3 aromatic rings. The van der Waals surface area contributed by atoms with Gasteiger partial charge in [0, 0.05) is 29.3 Å². The molecule has 2 N–H and O–H groups in total. The molecule has 3 heterocycles. The van der Waals surface area contributed by atoms with Crippen LogP contribution >= 0.6 is 23.1 Å². The zero-order chi connectivity index (χ0) is 23.4. The third kappa shape index (κ3) is 5.77. The third-order valence-corrected chi connectivity index (χ3v) is 7.87. The minimum Gasteiger partial charge on any atom is -0.378 e. The van der Waals surface area contributed by atoms with E-state index in [2.05, 4.69) is 34.0 Å². The molecule has 7 nitrogen and oxygen atoms in total. The Morgan fingerprint density at radius 3 is 2.73 bits per heavy atom. The molecule has 1 aliphatic heterocycles. The molecule has 0 radical (unpaired) electrons. The van der Waals surface area contributed by atoms with E-state index in [4.69, 9.17) is 4.74 Å². The van der Waals surface area contributed by atoms with Gasteiger partial charge in [-0.2, -0.15) is 0 Å². The number of nitrogens with one attached hydrogen (secondary N) is 2. The molecule has 1 atom stereocenters. The number of ether oxygens (including phenoxy) is 1. The molecule has 0 unspecified atom stereocenters. The number of fused-ring (bicyclic) bond motifs is 1. The van der Waals surface area contributed by atoms with E-state index in [1.54, 1.807) is 11.3 Å². The van der Waals surface area contributed by atoms with E-state index in [-0.39, 0.29) is 17.2 Å². The van der Waals surface area contributed by atoms with Crippen LogP contribution in [0.4, 0.5) is 11.4 Å². The highest BCUT2D eigenvalue weighted by Crippen LogP contribution is 2.30. The Labute approximate surface area is 201 Å². The summed E-state index contributed by atoms with van der Waals surface area (Å²) in [6.45, 7) is 9.64. The van der Waals surface area contributed by atoms with Crippen molar-refractivity contribution in [3.8, 4) is 0 Å². The van der Waals surface area contributed by atoms with Crippen LogP contribution in [0.1, 0.15) is 30.7 Å². The van der Waals surface area contributed by atoms with Crippen LogP contribution in [0.3, 0.4) is 0 Å². The first-order chi connectivity index (χ1) is 15.9. The van der Waals surface area contributed by atoms with Crippen LogP contribution in [0.25, 0.3) is 10.2 Å². The summed E-state index contributed by atoms with van der Waals surface area (Å²) >= 11 is 2.79. The number of aromatic nitrogens is 2. The van der Waals surface area contributed by atoms with E-state index >= 15 is 0 Å². The lowest BCUT2D eigenvalue weighted by Crippen LogP contribution is -2.36. The van der Waals surface area contributed by atoms with Crippen molar-refractivity contribution in [1.29, 1.82) is 0 Å². The first-order valence-corrected chi connectivity index (χ1v) is 13.1. The first-order valence-electron chi connectivity index (χ1n) is 11.3. The van der Waals surface area contributed by atoms with Gasteiger partial charge in [0.05, 0.1) is 24.4 Å². The molecule has 1 amide bonds. The number of thioether (sulfide) groups is 1. The molecule has 9 heteroatoms. The summed E-state index contributed by atoms with van der Waals surface area (Å²) in [6.07, 6.45) is 1.95. The van der Waals surface area contributed by atoms with Gasteiger partial charge >= 0.3 is 0 Å². The standard InChI is InChI=1S/C24H30N4O3S2/c1-4-15(2)13-19-16(3)33-23-21(19)22(30)26-24(27-23)32-14-20(29)25-17-5-7-18(8-6-17)28-9-11-31-12-10-28/h5-8,15H,4,9-14H2,1-3H3,(H,25,29)(H,26,27,30)/t15-/m1/s1. The van der Waals surface area contributed by atoms with Crippen LogP contribution in [-0.2, 0) is 16.0 Å². The molecular weight excluding hydrogens is 456 g/mol. The number of carbonyl (C=O) groups excluding carboxylic acids is 1. The zero-order valence-corrected chi connectivity index (χ0v) is 20.9. The second-order valence-corrected chi connectivity index (χ2v) is 10.6. The maximum Gasteiger partial charge on any atom is 0.260 e. The van der Waals surface area contributed by atoms with Gasteiger partial charge in [-0.25, -0.2) is 4.98 Å². The number of benzene rings is 1. The maximum atomic E-state index is 12.8. The quantitative estimate of drug-likeness (QED) is 0.361. The number of aryl methyl sites for hydroxylation is 1. The van der Waals surface area contributed by atoms with Crippen LogP contribution in [-0.4, -0.2) is 47.9 Å². The minimum absolute atomic E-state index is 0.121. The highest BCUT2D eigenvalue weighted by molar-refractivity contribution is 7.99. The van der Waals surface area contributed by atoms with Gasteiger partial charge in [-0.05, 0) is 49.1 Å². The molecule has 0 aliphatic carbocycles. The third-order valence-electron chi connectivity index (χ3n) is 5.96. The fraction of sp³-hybridized carbons (Fsp3) is 0.458. The fourth-order valence-electron chi connectivity index (χ4n) is 3.87. The van der Waals surface area contributed by atoms with E-state index in [0.717, 1.165) is 65.8 Å². The number of amides is 1. The van der Waals surface area contributed by atoms with E-state index in [1.165, 1.54) is 11.8 Å². The SMILES string of the molecule is CC[C@@H](C)Cc1c(C)sc2nc(SCC(=O)Nc3ccc(N4CCOCC4)cc3)[nH]c(=O)c12. The molecular formula is C24H30N4O3S2. The Morgan fingerprint density at radius 2 is 2.03 bits per heavy atom. The Hall–Kier alpha value is -2.36. The van der Waals surface area contributed by atoms with Crippen molar-refractivity contribution >= 4 is 50.6 Å². The Bertz CT molecular complexity index is 1170. The molecule has 2 aromatic heterocycles. The number of morpholine rings is 1. The van der Waals surface area contributed by atoms with Gasteiger partial charge in [0.15, 0.2) is 5.16 Å². The summed E-state index contributed by atoms with van der Waals surface area (Å²) < 4.78 is 5.39. The normalized spacial score (nSPS) is 15.1. The number of nitrogens with zero attached hydrogens (tertiary/aromatic N) is 2. The molecule has 0 saturated carbocycles. The number of hydrogen-bond acceptors (Lipinski definition) is 7. The zero-order valence-electron chi connectivity index (χ0n) is 19.3. The highest BCUT2D eigenvalue weighted by Gasteiger charge is 2.17. The van der Waals surface area contributed by atoms with Gasteiger partial charge in [-0.1, -0.05) is 32.0 Å². The summed E-state index contributed by atoms with van der Waals surface area (Å²) in [5.74, 6) is 0.548. The molecule has 1 fully saturated rings. The van der Waals surface area contributed by atoms with Crippen LogP contribution < -0.4 is 15.8 Å². The molecule has 33 heavy (non-hydrogen) atoms. The van der Waals surface area contributed by atoms with Gasteiger partial charge in [0.1, 0.15) is 4.83 Å². The Morgan fingerprint density at radius 1 is 1.30 bits per heavy atom. The van der Waals surface area contributed by atoms with Gasteiger partial charge in [-0.15, -0.1) is 11.3 Å². The second-order valence-electron chi connectivity index (χ2n) is 8.39. The van der Waals surface area contributed by atoms with Crippen LogP contribution in [0.2, 0.25) is 0 Å². The lowest BCUT2D eigenvalue weighted by atomic mass is 9.98. The summed E-state index contributed by atoms with van der Waals surface area (Å²) in [6, 6.07) is 7.84. The summed E-state index contributed by atoms with van der Waals surface area (Å²) in [7, 11) is 0. The van der Waals surface area contributed by atoms with E-state index in [0.29, 0.717) is 16.5 Å². The van der Waals surface area contributed by atoms with Crippen molar-refractivity contribution in [2.45, 2.75) is 38.8 Å². The number of H-pyrrole nitrogens is 1. The number of hydrogen-bond donors (Lipinski definition) is 2. The first kappa shape index (κ1) is 23.8. The molecule has 0 spiro atoms. The lowest BCUT2D eigenvalue weighted by Gasteiger charge is -2.28. The molecule has 1 aliphatic rings. The van der Waals surface area contributed by atoms with Crippen LogP contribution in [0.15, 0.2) is 34.2 Å². The number of aromatic amines is 1. The van der Waals surface area contributed by atoms with Crippen molar-refractivity contribution < 1.29 is 9.53 Å². The van der Waals surface area contributed by atoms with Gasteiger partial charge in [0.2, 0.25) is 5.91 Å². The summed E-state index contributed by atoms with van der Waals surface area (Å²) in [5, 5.41) is 4.09. The second kappa shape index (κ2) is 10.7. The Kier molecular flexibility index (Phi) is 7.72. The van der Waals surface area contributed by atoms with Crippen molar-refractivity contribution in [2.24, 2.45) is 5.92 Å². The van der Waals surface area contributed by atoms with E-state index in [1.807, 2.05) is 31.2 Å². The van der Waals surface area contributed by atoms with Crippen LogP contribution in [0.5, 0.6) is 0 Å². The number of anilines is 2. The molecule has 1 saturated heterocycles. The molecule has 1 aromatic carbocycles. The molecule has 176 valence electrons. The number of rotatable bonds is 8. The summed E-state index contributed by atoms with van der Waals surface area (Å²) in [5.41, 5.74) is 2.86. The van der Waals surface area contributed by atoms with E-state index < -0.39 is 0 Å². The predicted molar refractivity (Wildman–Crippen MR) is 137 cm³/mol. The van der Waals surface area contributed by atoms with Crippen molar-refractivity contribution in [3.63, 3.8) is 0 Å². The number of carbonyl (C=O) groups is 1. The molecule has 0 bridgehead atoms. The van der Waals surface area contributed by atoms with Crippen LogP contribution in [0, 0.1) is 12.8 Å². The van der Waals surface area contributed by atoms with Gasteiger partial charge in [-0.3, -0.25) is 9.59 Å². The summed E-state index contributed by atoms with van der Waals surface area (Å²) in [4.78, 5) is 36.9. The number of thiophene rings is 1. The van der Waals surface area contributed by atoms with E-state index in [9.17, 15) is 9.59 Å². The highest BCUT2D eigenvalue weighted by atomic mass is 32.2. The van der Waals surface area contributed by atoms with Crippen molar-refractivity contribution in [2.75, 3.05) is 42.3 Å². The lowest BCUT2D eigenvalue weighted by molar-refractivity contribution is -0.113. The Balaban J connectivity index is 1.38. The van der Waals surface area contributed by atoms with Gasteiger partial charge < -0.3 is 19.9 Å². The topological polar surface area (TPSA) is 87.3 Å². The van der Waals surface area contributed by atoms with Gasteiger partial charge in [0.25, 0.3) is 5.56 Å². The minimum atomic E-state index is -0.137. The maximum absolute atomic E-state index is 12.8. The predicted octanol–water partition coefficient (Wildman–Crippen LogP) is 4.45. The largest absolute Gasteiger partial charge is 0.378 e. The fourth-order valence-corrected chi connectivity index (χ4v) is 5.64. The average molecular weight is 487 g/mol. The van der Waals surface area contributed by atoms with Crippen molar-refractivity contribution in [1.82, 2.24) is 9.97 Å². The monoisotopic (exact) mass is 486 g/mol. The molecule has 4 rings (SSSR count).